The van der Waals surface area contributed by atoms with Gasteiger partial charge in [-0.2, -0.15) is 10.2 Å². The van der Waals surface area contributed by atoms with Gasteiger partial charge in [-0.25, -0.2) is 14.2 Å². The fourth-order valence-electron chi connectivity index (χ4n) is 3.85. The third-order valence-electron chi connectivity index (χ3n) is 5.53. The average Bonchev–Trinajstić information content (AvgIpc) is 3.40. The molecule has 7 nitrogen and oxygen atoms in total. The second-order valence-electron chi connectivity index (χ2n) is 7.40. The summed E-state index contributed by atoms with van der Waals surface area (Å²) in [5.41, 5.74) is 2.14. The molecule has 4 heterocycles. The van der Waals surface area contributed by atoms with Crippen LogP contribution in [-0.2, 0) is 6.54 Å². The number of nitrogens with zero attached hydrogens (tertiary/aromatic N) is 6. The SMILES string of the molecule is O=c1ccc(C2CC2)nn1CC1CCN(c2nccn3nccc23)CC1. The Morgan fingerprint density at radius 3 is 2.69 bits per heavy atom. The second kappa shape index (κ2) is 6.23. The van der Waals surface area contributed by atoms with E-state index >= 15 is 0 Å². The number of aromatic nitrogens is 5. The van der Waals surface area contributed by atoms with Crippen LogP contribution < -0.4 is 10.5 Å². The number of piperidine rings is 1. The normalized spacial score (nSPS) is 18.5. The zero-order chi connectivity index (χ0) is 17.5. The molecule has 0 aromatic carbocycles. The molecule has 0 spiro atoms. The van der Waals surface area contributed by atoms with E-state index in [1.807, 2.05) is 22.8 Å². The summed E-state index contributed by atoms with van der Waals surface area (Å²) in [6, 6.07) is 5.58. The van der Waals surface area contributed by atoms with E-state index in [0.717, 1.165) is 49.5 Å². The van der Waals surface area contributed by atoms with Gasteiger partial charge in [0.25, 0.3) is 5.56 Å². The molecule has 1 aliphatic heterocycles. The molecule has 1 aliphatic carbocycles. The van der Waals surface area contributed by atoms with E-state index in [1.165, 1.54) is 12.8 Å². The van der Waals surface area contributed by atoms with Crippen LogP contribution in [0.5, 0.6) is 0 Å². The molecule has 1 saturated carbocycles. The van der Waals surface area contributed by atoms with E-state index in [0.29, 0.717) is 11.8 Å². The molecule has 1 saturated heterocycles. The fraction of sp³-hybridized carbons (Fsp3) is 0.474. The molecule has 3 aromatic rings. The van der Waals surface area contributed by atoms with E-state index in [-0.39, 0.29) is 5.56 Å². The summed E-state index contributed by atoms with van der Waals surface area (Å²) in [7, 11) is 0. The molecular formula is C19H22N6O. The third-order valence-corrected chi connectivity index (χ3v) is 5.53. The first-order valence-corrected chi connectivity index (χ1v) is 9.39. The summed E-state index contributed by atoms with van der Waals surface area (Å²) < 4.78 is 3.55. The Morgan fingerprint density at radius 1 is 1.04 bits per heavy atom. The van der Waals surface area contributed by atoms with Gasteiger partial charge in [-0.3, -0.25) is 4.79 Å². The van der Waals surface area contributed by atoms with Crippen LogP contribution in [0.15, 0.2) is 41.6 Å². The van der Waals surface area contributed by atoms with E-state index in [9.17, 15) is 4.79 Å². The molecule has 0 amide bonds. The average molecular weight is 350 g/mol. The predicted molar refractivity (Wildman–Crippen MR) is 98.4 cm³/mol. The predicted octanol–water partition coefficient (Wildman–Crippen LogP) is 2.08. The molecule has 2 fully saturated rings. The Kier molecular flexibility index (Phi) is 3.72. The molecule has 2 aliphatic rings. The minimum atomic E-state index is 0.0162. The monoisotopic (exact) mass is 350 g/mol. The lowest BCUT2D eigenvalue weighted by molar-refractivity contribution is 0.333. The first-order chi connectivity index (χ1) is 12.8. The minimum absolute atomic E-state index is 0.0162. The van der Waals surface area contributed by atoms with Gasteiger partial charge in [0.1, 0.15) is 5.52 Å². The van der Waals surface area contributed by atoms with Crippen molar-refractivity contribution >= 4 is 11.3 Å². The highest BCUT2D eigenvalue weighted by molar-refractivity contribution is 5.68. The standard InChI is InChI=1S/C19H22N6O/c26-18-4-3-16(15-1-2-15)22-25(18)13-14-6-10-23(11-7-14)19-17-5-8-21-24(17)12-9-20-19/h3-5,8-9,12,14-15H,1-2,6-7,10-11,13H2. The van der Waals surface area contributed by atoms with Crippen LogP contribution in [0.4, 0.5) is 5.82 Å². The molecule has 0 N–H and O–H groups in total. The molecule has 134 valence electrons. The zero-order valence-corrected chi connectivity index (χ0v) is 14.7. The lowest BCUT2D eigenvalue weighted by Gasteiger charge is -2.33. The Labute approximate surface area is 151 Å². The molecule has 7 heteroatoms. The minimum Gasteiger partial charge on any atom is -0.355 e. The van der Waals surface area contributed by atoms with Crippen molar-refractivity contribution in [3.05, 3.63) is 52.8 Å². The van der Waals surface area contributed by atoms with E-state index in [2.05, 4.69) is 20.1 Å². The second-order valence-corrected chi connectivity index (χ2v) is 7.40. The number of hydrogen-bond acceptors (Lipinski definition) is 5. The van der Waals surface area contributed by atoms with Gasteiger partial charge in [-0.05, 0) is 43.7 Å². The highest BCUT2D eigenvalue weighted by Crippen LogP contribution is 2.38. The van der Waals surface area contributed by atoms with E-state index < -0.39 is 0 Å². The summed E-state index contributed by atoms with van der Waals surface area (Å²) in [5.74, 6) is 2.05. The maximum atomic E-state index is 12.2. The first kappa shape index (κ1) is 15.5. The number of anilines is 1. The fourth-order valence-corrected chi connectivity index (χ4v) is 3.85. The van der Waals surface area contributed by atoms with Crippen molar-refractivity contribution in [1.82, 2.24) is 24.4 Å². The summed E-state index contributed by atoms with van der Waals surface area (Å²) in [6.07, 6.45) is 9.97. The van der Waals surface area contributed by atoms with Crippen molar-refractivity contribution in [2.75, 3.05) is 18.0 Å². The van der Waals surface area contributed by atoms with Crippen LogP contribution in [0.3, 0.4) is 0 Å². The smallest absolute Gasteiger partial charge is 0.266 e. The summed E-state index contributed by atoms with van der Waals surface area (Å²) in [6.45, 7) is 2.61. The van der Waals surface area contributed by atoms with Crippen LogP contribution in [0.1, 0.15) is 37.3 Å². The third kappa shape index (κ3) is 2.87. The van der Waals surface area contributed by atoms with Crippen LogP contribution in [0.25, 0.3) is 5.52 Å². The molecular weight excluding hydrogens is 328 g/mol. The zero-order valence-electron chi connectivity index (χ0n) is 14.7. The van der Waals surface area contributed by atoms with E-state index in [1.54, 1.807) is 23.1 Å². The molecule has 0 radical (unpaired) electrons. The topological polar surface area (TPSA) is 68.3 Å². The van der Waals surface area contributed by atoms with Gasteiger partial charge in [-0.1, -0.05) is 0 Å². The van der Waals surface area contributed by atoms with Crippen molar-refractivity contribution in [1.29, 1.82) is 0 Å². The Hall–Kier alpha value is -2.70. The van der Waals surface area contributed by atoms with Crippen LogP contribution >= 0.6 is 0 Å². The highest BCUT2D eigenvalue weighted by Gasteiger charge is 2.26. The number of hydrogen-bond donors (Lipinski definition) is 0. The van der Waals surface area contributed by atoms with Crippen LogP contribution in [0.2, 0.25) is 0 Å². The Balaban J connectivity index is 1.28. The quantitative estimate of drug-likeness (QED) is 0.721. The number of fused-ring (bicyclic) bond motifs is 1. The van der Waals surface area contributed by atoms with Gasteiger partial charge in [0.2, 0.25) is 0 Å². The summed E-state index contributed by atoms with van der Waals surface area (Å²) in [5, 5.41) is 8.89. The first-order valence-electron chi connectivity index (χ1n) is 9.39. The van der Waals surface area contributed by atoms with Gasteiger partial charge in [-0.15, -0.1) is 0 Å². The molecule has 0 bridgehead atoms. The molecule has 5 rings (SSSR count). The van der Waals surface area contributed by atoms with Gasteiger partial charge >= 0.3 is 0 Å². The van der Waals surface area contributed by atoms with Crippen molar-refractivity contribution in [3.63, 3.8) is 0 Å². The largest absolute Gasteiger partial charge is 0.355 e. The lowest BCUT2D eigenvalue weighted by atomic mass is 9.97. The van der Waals surface area contributed by atoms with Crippen LogP contribution in [-0.4, -0.2) is 37.5 Å². The summed E-state index contributed by atoms with van der Waals surface area (Å²) >= 11 is 0. The van der Waals surface area contributed by atoms with Crippen molar-refractivity contribution in [2.45, 2.75) is 38.1 Å². The van der Waals surface area contributed by atoms with Gasteiger partial charge in [0.05, 0.1) is 11.9 Å². The maximum Gasteiger partial charge on any atom is 0.266 e. The highest BCUT2D eigenvalue weighted by atomic mass is 16.1. The Morgan fingerprint density at radius 2 is 1.88 bits per heavy atom. The van der Waals surface area contributed by atoms with Crippen molar-refractivity contribution < 1.29 is 0 Å². The molecule has 3 aromatic heterocycles. The van der Waals surface area contributed by atoms with Gasteiger partial charge < -0.3 is 4.90 Å². The molecule has 0 atom stereocenters. The van der Waals surface area contributed by atoms with Crippen molar-refractivity contribution in [3.8, 4) is 0 Å². The van der Waals surface area contributed by atoms with Gasteiger partial charge in [0, 0.05) is 44.0 Å². The summed E-state index contributed by atoms with van der Waals surface area (Å²) in [4.78, 5) is 19.0. The van der Waals surface area contributed by atoms with Crippen molar-refractivity contribution in [2.24, 2.45) is 5.92 Å². The number of rotatable bonds is 4. The van der Waals surface area contributed by atoms with Crippen LogP contribution in [0, 0.1) is 5.92 Å². The lowest BCUT2D eigenvalue weighted by Crippen LogP contribution is -2.37. The Bertz CT molecular complexity index is 981. The van der Waals surface area contributed by atoms with E-state index in [4.69, 9.17) is 0 Å². The maximum absolute atomic E-state index is 12.2. The molecule has 26 heavy (non-hydrogen) atoms. The van der Waals surface area contributed by atoms with Gasteiger partial charge in [0.15, 0.2) is 5.82 Å². The molecule has 0 unspecified atom stereocenters.